The fraction of sp³-hybridized carbons (Fsp3) is 0.412. The molecule has 0 bridgehead atoms. The van der Waals surface area contributed by atoms with E-state index in [0.717, 1.165) is 0 Å². The molecule has 0 aromatic heterocycles. The minimum atomic E-state index is -1.55. The fourth-order valence-electron chi connectivity index (χ4n) is 3.18. The zero-order valence-corrected chi connectivity index (χ0v) is 13.5. The molecule has 1 aliphatic heterocycles. The SMILES string of the molecule is COC1=CC(=O)C2(Oc3cc(OC)cc(OC)c3C2=O)C(C)C1. The lowest BCUT2D eigenvalue weighted by atomic mass is 9.75. The lowest BCUT2D eigenvalue weighted by Gasteiger charge is -2.34. The predicted molar refractivity (Wildman–Crippen MR) is 81.1 cm³/mol. The molecular weight excluding hydrogens is 300 g/mol. The number of ketones is 2. The second kappa shape index (κ2) is 5.30. The molecule has 0 fully saturated rings. The quantitative estimate of drug-likeness (QED) is 0.795. The van der Waals surface area contributed by atoms with E-state index >= 15 is 0 Å². The maximum Gasteiger partial charge on any atom is 0.236 e. The first kappa shape index (κ1) is 15.4. The maximum atomic E-state index is 13.0. The van der Waals surface area contributed by atoms with Crippen LogP contribution >= 0.6 is 0 Å². The lowest BCUT2D eigenvalue weighted by molar-refractivity contribution is -0.129. The van der Waals surface area contributed by atoms with E-state index in [0.29, 0.717) is 29.4 Å². The van der Waals surface area contributed by atoms with Crippen molar-refractivity contribution in [1.29, 1.82) is 0 Å². The van der Waals surface area contributed by atoms with Gasteiger partial charge in [0.1, 0.15) is 22.8 Å². The Kier molecular flexibility index (Phi) is 3.55. The van der Waals surface area contributed by atoms with Crippen molar-refractivity contribution in [3.8, 4) is 17.2 Å². The van der Waals surface area contributed by atoms with Gasteiger partial charge in [0.05, 0.1) is 27.1 Å². The Bertz CT molecular complexity index is 720. The van der Waals surface area contributed by atoms with Crippen LogP contribution in [0.3, 0.4) is 0 Å². The summed E-state index contributed by atoms with van der Waals surface area (Å²) in [6.45, 7) is 1.80. The van der Waals surface area contributed by atoms with Gasteiger partial charge in [-0.15, -0.1) is 0 Å². The van der Waals surface area contributed by atoms with Gasteiger partial charge in [-0.25, -0.2) is 0 Å². The summed E-state index contributed by atoms with van der Waals surface area (Å²) in [6.07, 6.45) is 1.79. The molecule has 2 aliphatic rings. The fourth-order valence-corrected chi connectivity index (χ4v) is 3.18. The summed E-state index contributed by atoms with van der Waals surface area (Å²) in [5.41, 5.74) is -1.27. The van der Waals surface area contributed by atoms with Gasteiger partial charge in [-0.1, -0.05) is 6.92 Å². The predicted octanol–water partition coefficient (Wildman–Crippen LogP) is 2.16. The molecule has 122 valence electrons. The number of carbonyl (C=O) groups is 2. The number of methoxy groups -OCH3 is 3. The van der Waals surface area contributed by atoms with Crippen molar-refractivity contribution < 1.29 is 28.5 Å². The van der Waals surface area contributed by atoms with Gasteiger partial charge in [0.15, 0.2) is 0 Å². The number of hydrogen-bond acceptors (Lipinski definition) is 6. The summed E-state index contributed by atoms with van der Waals surface area (Å²) in [4.78, 5) is 25.7. The molecule has 0 amide bonds. The van der Waals surface area contributed by atoms with E-state index in [9.17, 15) is 9.59 Å². The summed E-state index contributed by atoms with van der Waals surface area (Å²) >= 11 is 0. The van der Waals surface area contributed by atoms with Gasteiger partial charge in [-0.05, 0) is 0 Å². The van der Waals surface area contributed by atoms with E-state index in [1.165, 1.54) is 27.4 Å². The number of hydrogen-bond donors (Lipinski definition) is 0. The normalized spacial score (nSPS) is 25.7. The molecule has 1 spiro atoms. The Hall–Kier alpha value is -2.50. The maximum absolute atomic E-state index is 13.0. The Labute approximate surface area is 134 Å². The second-order valence-corrected chi connectivity index (χ2v) is 5.65. The molecule has 1 heterocycles. The van der Waals surface area contributed by atoms with Crippen LogP contribution in [-0.2, 0) is 9.53 Å². The third kappa shape index (κ3) is 2.01. The largest absolute Gasteiger partial charge is 0.501 e. The minimum absolute atomic E-state index is 0.280. The van der Waals surface area contributed by atoms with Crippen LogP contribution in [0.5, 0.6) is 17.2 Å². The van der Waals surface area contributed by atoms with Gasteiger partial charge in [0.2, 0.25) is 17.2 Å². The van der Waals surface area contributed by atoms with Crippen LogP contribution in [0.1, 0.15) is 23.7 Å². The van der Waals surface area contributed by atoms with Crippen molar-refractivity contribution in [2.24, 2.45) is 5.92 Å². The summed E-state index contributed by atoms with van der Waals surface area (Å²) in [6, 6.07) is 3.20. The summed E-state index contributed by atoms with van der Waals surface area (Å²) in [5, 5.41) is 0. The van der Waals surface area contributed by atoms with Crippen LogP contribution in [-0.4, -0.2) is 38.5 Å². The number of carbonyl (C=O) groups excluding carboxylic acids is 2. The molecule has 1 aromatic rings. The molecule has 6 nitrogen and oxygen atoms in total. The highest BCUT2D eigenvalue weighted by Gasteiger charge is 2.59. The molecule has 23 heavy (non-hydrogen) atoms. The third-order valence-corrected chi connectivity index (χ3v) is 4.45. The average molecular weight is 318 g/mol. The van der Waals surface area contributed by atoms with Crippen molar-refractivity contribution in [3.05, 3.63) is 29.5 Å². The molecule has 0 N–H and O–H groups in total. The van der Waals surface area contributed by atoms with Gasteiger partial charge in [0.25, 0.3) is 0 Å². The van der Waals surface area contributed by atoms with Crippen LogP contribution in [0.2, 0.25) is 0 Å². The molecule has 3 rings (SSSR count). The molecule has 2 atom stereocenters. The smallest absolute Gasteiger partial charge is 0.236 e. The van der Waals surface area contributed by atoms with E-state index in [4.69, 9.17) is 18.9 Å². The second-order valence-electron chi connectivity index (χ2n) is 5.65. The van der Waals surface area contributed by atoms with E-state index in [-0.39, 0.29) is 17.3 Å². The van der Waals surface area contributed by atoms with Crippen molar-refractivity contribution in [3.63, 3.8) is 0 Å². The highest BCUT2D eigenvalue weighted by molar-refractivity contribution is 6.25. The van der Waals surface area contributed by atoms with Gasteiger partial charge in [0, 0.05) is 30.5 Å². The van der Waals surface area contributed by atoms with Gasteiger partial charge < -0.3 is 18.9 Å². The van der Waals surface area contributed by atoms with E-state index in [2.05, 4.69) is 0 Å². The molecule has 1 aromatic carbocycles. The molecule has 0 radical (unpaired) electrons. The van der Waals surface area contributed by atoms with Gasteiger partial charge in [-0.3, -0.25) is 9.59 Å². The van der Waals surface area contributed by atoms with Crippen LogP contribution in [0, 0.1) is 5.92 Å². The number of fused-ring (bicyclic) bond motifs is 1. The van der Waals surface area contributed by atoms with E-state index in [1.54, 1.807) is 19.1 Å². The topological polar surface area (TPSA) is 71.1 Å². The van der Waals surface area contributed by atoms with Crippen molar-refractivity contribution >= 4 is 11.6 Å². The number of benzene rings is 1. The molecule has 0 saturated carbocycles. The lowest BCUT2D eigenvalue weighted by Crippen LogP contribution is -2.54. The Morgan fingerprint density at radius 2 is 1.87 bits per heavy atom. The Morgan fingerprint density at radius 3 is 2.43 bits per heavy atom. The molecule has 6 heteroatoms. The highest BCUT2D eigenvalue weighted by Crippen LogP contribution is 2.48. The summed E-state index contributed by atoms with van der Waals surface area (Å²) < 4.78 is 21.5. The molecule has 1 aliphatic carbocycles. The van der Waals surface area contributed by atoms with Gasteiger partial charge >= 0.3 is 0 Å². The molecule has 0 saturated heterocycles. The summed E-state index contributed by atoms with van der Waals surface area (Å²) in [5.74, 6) is 0.541. The molecular formula is C17H18O6. The monoisotopic (exact) mass is 318 g/mol. The number of rotatable bonds is 3. The first-order valence-electron chi connectivity index (χ1n) is 7.26. The minimum Gasteiger partial charge on any atom is -0.501 e. The van der Waals surface area contributed by atoms with Crippen molar-refractivity contribution in [1.82, 2.24) is 0 Å². The van der Waals surface area contributed by atoms with Crippen LogP contribution in [0.15, 0.2) is 24.0 Å². The first-order valence-corrected chi connectivity index (χ1v) is 7.26. The Morgan fingerprint density at radius 1 is 1.13 bits per heavy atom. The van der Waals surface area contributed by atoms with Crippen LogP contribution < -0.4 is 14.2 Å². The number of allylic oxidation sites excluding steroid dienone is 1. The standard InChI is InChI=1S/C17H18O6/c1-9-5-10(20-2)8-14(18)17(9)16(19)15-12(22-4)6-11(21-3)7-13(15)23-17/h6-9H,5H2,1-4H3. The van der Waals surface area contributed by atoms with E-state index < -0.39 is 11.4 Å². The van der Waals surface area contributed by atoms with Crippen molar-refractivity contribution in [2.75, 3.05) is 21.3 Å². The van der Waals surface area contributed by atoms with Crippen LogP contribution in [0.4, 0.5) is 0 Å². The summed E-state index contributed by atoms with van der Waals surface area (Å²) in [7, 11) is 4.47. The first-order chi connectivity index (χ1) is 11.0. The van der Waals surface area contributed by atoms with Crippen LogP contribution in [0.25, 0.3) is 0 Å². The average Bonchev–Trinajstić information content (AvgIpc) is 2.85. The van der Waals surface area contributed by atoms with Crippen molar-refractivity contribution in [2.45, 2.75) is 18.9 Å². The third-order valence-electron chi connectivity index (χ3n) is 4.45. The molecule has 2 unspecified atom stereocenters. The zero-order valence-electron chi connectivity index (χ0n) is 13.5. The zero-order chi connectivity index (χ0) is 16.8. The van der Waals surface area contributed by atoms with Gasteiger partial charge in [-0.2, -0.15) is 0 Å². The number of ether oxygens (including phenoxy) is 4. The van der Waals surface area contributed by atoms with E-state index in [1.807, 2.05) is 0 Å². The number of Topliss-reactive ketones (excluding diaryl/α,β-unsaturated/α-hetero) is 1. The highest BCUT2D eigenvalue weighted by atomic mass is 16.5. The Balaban J connectivity index is 2.14.